The second-order valence-electron chi connectivity index (χ2n) is 5.10. The van der Waals surface area contributed by atoms with Crippen LogP contribution in [-0.4, -0.2) is 9.55 Å². The van der Waals surface area contributed by atoms with E-state index in [0.29, 0.717) is 27.8 Å². The highest BCUT2D eigenvalue weighted by molar-refractivity contribution is 9.10. The van der Waals surface area contributed by atoms with E-state index in [2.05, 4.69) is 46.3 Å². The fourth-order valence-corrected chi connectivity index (χ4v) is 3.39. The van der Waals surface area contributed by atoms with Crippen LogP contribution in [0.3, 0.4) is 0 Å². The summed E-state index contributed by atoms with van der Waals surface area (Å²) < 4.78 is 16.3. The first-order valence-corrected chi connectivity index (χ1v) is 8.28. The van der Waals surface area contributed by atoms with E-state index in [1.165, 1.54) is 6.07 Å². The number of nitrogens with zero attached hydrogens (tertiary/aromatic N) is 2. The highest BCUT2D eigenvalue weighted by Crippen LogP contribution is 2.32. The standard InChI is InChI=1S/C15H19BrClFN2/c1-4-10(5-2)9(3)20-14-6-11(16)12(18)7-13(14)19-15(20)8-17/h6-7,9-10H,4-5,8H2,1-3H3. The molecule has 1 aromatic heterocycles. The molecule has 1 unspecified atom stereocenters. The van der Waals surface area contributed by atoms with E-state index in [1.54, 1.807) is 6.07 Å². The molecule has 0 fully saturated rings. The maximum absolute atomic E-state index is 13.7. The summed E-state index contributed by atoms with van der Waals surface area (Å²) in [5.41, 5.74) is 1.60. The van der Waals surface area contributed by atoms with Crippen molar-refractivity contribution in [3.63, 3.8) is 0 Å². The molecule has 2 rings (SSSR count). The van der Waals surface area contributed by atoms with Gasteiger partial charge in [0, 0.05) is 12.1 Å². The summed E-state index contributed by atoms with van der Waals surface area (Å²) in [6, 6.07) is 3.55. The number of alkyl halides is 1. The largest absolute Gasteiger partial charge is 0.324 e. The normalized spacial score (nSPS) is 13.3. The van der Waals surface area contributed by atoms with Crippen LogP contribution in [0, 0.1) is 11.7 Å². The summed E-state index contributed by atoms with van der Waals surface area (Å²) in [4.78, 5) is 4.48. The lowest BCUT2D eigenvalue weighted by molar-refractivity contribution is 0.334. The van der Waals surface area contributed by atoms with Crippen LogP contribution in [0.15, 0.2) is 16.6 Å². The molecule has 0 radical (unpaired) electrons. The zero-order valence-electron chi connectivity index (χ0n) is 12.0. The lowest BCUT2D eigenvalue weighted by Crippen LogP contribution is -2.17. The van der Waals surface area contributed by atoms with Gasteiger partial charge in [0.2, 0.25) is 0 Å². The lowest BCUT2D eigenvalue weighted by Gasteiger charge is -2.25. The van der Waals surface area contributed by atoms with Crippen LogP contribution < -0.4 is 0 Å². The number of hydrogen-bond donors (Lipinski definition) is 0. The van der Waals surface area contributed by atoms with E-state index < -0.39 is 0 Å². The molecule has 1 heterocycles. The smallest absolute Gasteiger partial charge is 0.139 e. The molecule has 0 aliphatic rings. The van der Waals surface area contributed by atoms with Gasteiger partial charge in [-0.15, -0.1) is 11.6 Å². The molecule has 2 nitrogen and oxygen atoms in total. The minimum absolute atomic E-state index is 0.293. The highest BCUT2D eigenvalue weighted by atomic mass is 79.9. The van der Waals surface area contributed by atoms with E-state index >= 15 is 0 Å². The average molecular weight is 362 g/mol. The van der Waals surface area contributed by atoms with Gasteiger partial charge in [-0.1, -0.05) is 26.7 Å². The van der Waals surface area contributed by atoms with Crippen molar-refractivity contribution in [3.8, 4) is 0 Å². The number of rotatable bonds is 5. The number of halogens is 3. The van der Waals surface area contributed by atoms with Crippen LogP contribution in [0.2, 0.25) is 0 Å². The fraction of sp³-hybridized carbons (Fsp3) is 0.533. The van der Waals surface area contributed by atoms with Gasteiger partial charge in [0.05, 0.1) is 21.4 Å². The van der Waals surface area contributed by atoms with E-state index in [4.69, 9.17) is 11.6 Å². The van der Waals surface area contributed by atoms with Crippen molar-refractivity contribution in [2.24, 2.45) is 5.92 Å². The number of imidazole rings is 1. The molecule has 0 bridgehead atoms. The van der Waals surface area contributed by atoms with Crippen molar-refractivity contribution < 1.29 is 4.39 Å². The van der Waals surface area contributed by atoms with Crippen LogP contribution >= 0.6 is 27.5 Å². The minimum Gasteiger partial charge on any atom is -0.324 e. The molecule has 0 aliphatic heterocycles. The molecule has 110 valence electrons. The molecule has 0 saturated carbocycles. The van der Waals surface area contributed by atoms with Gasteiger partial charge in [0.15, 0.2) is 0 Å². The van der Waals surface area contributed by atoms with Crippen molar-refractivity contribution >= 4 is 38.6 Å². The van der Waals surface area contributed by atoms with Crippen LogP contribution in [0.5, 0.6) is 0 Å². The quantitative estimate of drug-likeness (QED) is 0.627. The molecule has 0 spiro atoms. The highest BCUT2D eigenvalue weighted by Gasteiger charge is 2.21. The third kappa shape index (κ3) is 2.73. The summed E-state index contributed by atoms with van der Waals surface area (Å²) in [7, 11) is 0. The Bertz CT molecular complexity index is 607. The number of benzene rings is 1. The molecule has 5 heteroatoms. The van der Waals surface area contributed by atoms with E-state index in [9.17, 15) is 4.39 Å². The molecule has 0 saturated heterocycles. The second kappa shape index (κ2) is 6.44. The van der Waals surface area contributed by atoms with Gasteiger partial charge in [-0.25, -0.2) is 9.37 Å². The van der Waals surface area contributed by atoms with Gasteiger partial charge < -0.3 is 4.57 Å². The van der Waals surface area contributed by atoms with Crippen molar-refractivity contribution in [1.29, 1.82) is 0 Å². The lowest BCUT2D eigenvalue weighted by atomic mass is 9.95. The van der Waals surface area contributed by atoms with Crippen molar-refractivity contribution in [2.45, 2.75) is 45.5 Å². The van der Waals surface area contributed by atoms with Gasteiger partial charge in [0.1, 0.15) is 11.6 Å². The zero-order valence-corrected chi connectivity index (χ0v) is 14.3. The van der Waals surface area contributed by atoms with Gasteiger partial charge in [0.25, 0.3) is 0 Å². The first-order chi connectivity index (χ1) is 9.53. The summed E-state index contributed by atoms with van der Waals surface area (Å²) in [6.45, 7) is 6.57. The molecular formula is C15H19BrClFN2. The first kappa shape index (κ1) is 15.8. The predicted molar refractivity (Wildman–Crippen MR) is 85.7 cm³/mol. The number of aromatic nitrogens is 2. The van der Waals surface area contributed by atoms with Crippen LogP contribution in [-0.2, 0) is 5.88 Å². The Balaban J connectivity index is 2.63. The molecule has 0 N–H and O–H groups in total. The van der Waals surface area contributed by atoms with Gasteiger partial charge in [-0.05, 0) is 34.8 Å². The molecule has 2 aromatic rings. The minimum atomic E-state index is -0.293. The van der Waals surface area contributed by atoms with E-state index in [0.717, 1.165) is 24.2 Å². The SMILES string of the molecule is CCC(CC)C(C)n1c(CCl)nc2cc(F)c(Br)cc21. The maximum atomic E-state index is 13.7. The van der Waals surface area contributed by atoms with Crippen molar-refractivity contribution in [3.05, 3.63) is 28.2 Å². The van der Waals surface area contributed by atoms with Crippen molar-refractivity contribution in [1.82, 2.24) is 9.55 Å². The van der Waals surface area contributed by atoms with Gasteiger partial charge >= 0.3 is 0 Å². The summed E-state index contributed by atoms with van der Waals surface area (Å²) >= 11 is 9.28. The van der Waals surface area contributed by atoms with E-state index in [-0.39, 0.29) is 5.82 Å². The molecule has 0 amide bonds. The van der Waals surface area contributed by atoms with E-state index in [1.807, 2.05) is 0 Å². The molecule has 1 atom stereocenters. The average Bonchev–Trinajstić information content (AvgIpc) is 2.78. The monoisotopic (exact) mass is 360 g/mol. The second-order valence-corrected chi connectivity index (χ2v) is 6.23. The Kier molecular flexibility index (Phi) is 5.08. The first-order valence-electron chi connectivity index (χ1n) is 6.95. The fourth-order valence-electron chi connectivity index (χ4n) is 2.87. The summed E-state index contributed by atoms with van der Waals surface area (Å²) in [5, 5.41) is 0. The maximum Gasteiger partial charge on any atom is 0.139 e. The van der Waals surface area contributed by atoms with Gasteiger partial charge in [-0.2, -0.15) is 0 Å². The molecule has 1 aromatic carbocycles. The Morgan fingerprint density at radius 1 is 1.35 bits per heavy atom. The van der Waals surface area contributed by atoms with Crippen LogP contribution in [0.4, 0.5) is 4.39 Å². The third-order valence-electron chi connectivity index (χ3n) is 4.06. The Labute approximate surface area is 132 Å². The molecule has 20 heavy (non-hydrogen) atoms. The Hall–Kier alpha value is -0.610. The number of fused-ring (bicyclic) bond motifs is 1. The van der Waals surface area contributed by atoms with Crippen molar-refractivity contribution in [2.75, 3.05) is 0 Å². The summed E-state index contributed by atoms with van der Waals surface area (Å²) in [5.74, 6) is 1.40. The Morgan fingerprint density at radius 3 is 2.55 bits per heavy atom. The van der Waals surface area contributed by atoms with Crippen LogP contribution in [0.25, 0.3) is 11.0 Å². The molecule has 0 aliphatic carbocycles. The van der Waals surface area contributed by atoms with Gasteiger partial charge in [-0.3, -0.25) is 0 Å². The molecular weight excluding hydrogens is 343 g/mol. The number of hydrogen-bond acceptors (Lipinski definition) is 1. The zero-order chi connectivity index (χ0) is 14.9. The topological polar surface area (TPSA) is 17.8 Å². The Morgan fingerprint density at radius 2 is 2.00 bits per heavy atom. The van der Waals surface area contributed by atoms with Crippen LogP contribution in [0.1, 0.15) is 45.5 Å². The third-order valence-corrected chi connectivity index (χ3v) is 4.91. The summed E-state index contributed by atoms with van der Waals surface area (Å²) in [6.07, 6.45) is 2.20. The predicted octanol–water partition coefficient (Wildman–Crippen LogP) is 5.67.